The third kappa shape index (κ3) is 6.06. The highest BCUT2D eigenvalue weighted by molar-refractivity contribution is 5.58. The molecule has 39 heavy (non-hydrogen) atoms. The van der Waals surface area contributed by atoms with E-state index < -0.39 is 17.6 Å². The number of aromatic nitrogens is 2. The molecule has 1 aromatic heterocycles. The van der Waals surface area contributed by atoms with Gasteiger partial charge in [-0.3, -0.25) is 0 Å². The Morgan fingerprint density at radius 1 is 1.08 bits per heavy atom. The van der Waals surface area contributed by atoms with Gasteiger partial charge in [0.2, 0.25) is 0 Å². The summed E-state index contributed by atoms with van der Waals surface area (Å²) in [6, 6.07) is 6.22. The molecule has 0 radical (unpaired) electrons. The van der Waals surface area contributed by atoms with E-state index in [1.165, 1.54) is 12.1 Å². The number of fused-ring (bicyclic) bond motifs is 1. The summed E-state index contributed by atoms with van der Waals surface area (Å²) in [7, 11) is 2.06. The van der Waals surface area contributed by atoms with Crippen molar-refractivity contribution in [3.05, 3.63) is 40.8 Å². The van der Waals surface area contributed by atoms with Crippen LogP contribution in [0.25, 0.3) is 0 Å². The molecular weight excluding hydrogens is 512 g/mol. The zero-order chi connectivity index (χ0) is 27.6. The molecule has 3 aliphatic rings. The van der Waals surface area contributed by atoms with Crippen LogP contribution in [0.2, 0.25) is 0 Å². The Labute approximate surface area is 226 Å². The first-order valence-corrected chi connectivity index (χ1v) is 13.7. The van der Waals surface area contributed by atoms with Crippen LogP contribution in [-0.2, 0) is 19.1 Å². The quantitative estimate of drug-likeness (QED) is 0.462. The molecule has 0 bridgehead atoms. The number of nitriles is 1. The number of piperidine rings is 1. The average molecular weight is 547 g/mol. The third-order valence-electron chi connectivity index (χ3n) is 8.14. The molecule has 1 aromatic carbocycles. The van der Waals surface area contributed by atoms with Gasteiger partial charge in [0.05, 0.1) is 24.0 Å². The zero-order valence-electron chi connectivity index (χ0n) is 22.2. The summed E-state index contributed by atoms with van der Waals surface area (Å²) >= 11 is 0. The molecule has 0 amide bonds. The van der Waals surface area contributed by atoms with E-state index in [2.05, 4.69) is 22.9 Å². The van der Waals surface area contributed by atoms with Gasteiger partial charge in [0, 0.05) is 37.7 Å². The Morgan fingerprint density at radius 3 is 2.62 bits per heavy atom. The lowest BCUT2D eigenvalue weighted by atomic mass is 9.95. The molecular formula is C28H34F4N6O. The molecule has 3 aliphatic heterocycles. The van der Waals surface area contributed by atoms with Crippen molar-refractivity contribution >= 4 is 11.5 Å². The molecule has 210 valence electrons. The van der Waals surface area contributed by atoms with Gasteiger partial charge in [0.25, 0.3) is 0 Å². The van der Waals surface area contributed by atoms with E-state index in [4.69, 9.17) is 14.7 Å². The van der Waals surface area contributed by atoms with Gasteiger partial charge in [0.15, 0.2) is 0 Å². The van der Waals surface area contributed by atoms with E-state index in [0.29, 0.717) is 44.7 Å². The van der Waals surface area contributed by atoms with Crippen LogP contribution in [0.5, 0.6) is 6.01 Å². The van der Waals surface area contributed by atoms with Crippen LogP contribution in [0, 0.1) is 23.1 Å². The number of alkyl halides is 3. The molecule has 2 atom stereocenters. The van der Waals surface area contributed by atoms with Gasteiger partial charge in [-0.15, -0.1) is 0 Å². The van der Waals surface area contributed by atoms with Crippen LogP contribution in [0.4, 0.5) is 29.1 Å². The maximum atomic E-state index is 14.4. The minimum atomic E-state index is -4.82. The second-order valence-electron chi connectivity index (χ2n) is 10.8. The van der Waals surface area contributed by atoms with Crippen LogP contribution in [0.15, 0.2) is 18.2 Å². The number of nitrogens with zero attached hydrogens (tertiary/aromatic N) is 6. The van der Waals surface area contributed by atoms with E-state index in [1.807, 2.05) is 0 Å². The van der Waals surface area contributed by atoms with E-state index >= 15 is 0 Å². The Morgan fingerprint density at radius 2 is 1.87 bits per heavy atom. The summed E-state index contributed by atoms with van der Waals surface area (Å²) in [5, 5.41) is 9.25. The number of ether oxygens (including phenoxy) is 1. The SMILES string of the molecule is CN1CCC[C@H]1COc1nc2c(c(N3CCC[C@@H](CC#N)C3)n1)CCCN(c1cccc(F)c1C(F)(F)F)C2. The highest BCUT2D eigenvalue weighted by Crippen LogP contribution is 2.40. The average Bonchev–Trinajstić information content (AvgIpc) is 3.18. The third-order valence-corrected chi connectivity index (χ3v) is 8.14. The molecule has 0 spiro atoms. The van der Waals surface area contributed by atoms with Crippen LogP contribution in [0.3, 0.4) is 0 Å². The summed E-state index contributed by atoms with van der Waals surface area (Å²) in [6.07, 6.45) is 0.818. The number of anilines is 2. The maximum absolute atomic E-state index is 14.4. The van der Waals surface area contributed by atoms with Gasteiger partial charge in [-0.05, 0) is 70.2 Å². The first-order chi connectivity index (χ1) is 18.7. The number of likely N-dealkylation sites (N-methyl/N-ethyl adjacent to an activating group) is 1. The van der Waals surface area contributed by atoms with E-state index in [9.17, 15) is 22.8 Å². The Kier molecular flexibility index (Phi) is 8.12. The summed E-state index contributed by atoms with van der Waals surface area (Å²) in [5.74, 6) is -0.307. The van der Waals surface area contributed by atoms with Crippen molar-refractivity contribution in [2.45, 2.75) is 63.7 Å². The Balaban J connectivity index is 1.50. The van der Waals surface area contributed by atoms with Crippen molar-refractivity contribution in [2.24, 2.45) is 5.92 Å². The second kappa shape index (κ2) is 11.5. The number of benzene rings is 1. The first-order valence-electron chi connectivity index (χ1n) is 13.7. The van der Waals surface area contributed by atoms with Crippen molar-refractivity contribution in [2.75, 3.05) is 49.6 Å². The van der Waals surface area contributed by atoms with E-state index in [1.54, 1.807) is 4.90 Å². The number of hydrogen-bond donors (Lipinski definition) is 0. The van der Waals surface area contributed by atoms with Gasteiger partial charge < -0.3 is 19.4 Å². The highest BCUT2D eigenvalue weighted by atomic mass is 19.4. The van der Waals surface area contributed by atoms with Gasteiger partial charge in [-0.25, -0.2) is 4.39 Å². The molecule has 7 nitrogen and oxygen atoms in total. The van der Waals surface area contributed by atoms with Crippen LogP contribution in [-0.4, -0.2) is 60.7 Å². The molecule has 0 N–H and O–H groups in total. The predicted molar refractivity (Wildman–Crippen MR) is 139 cm³/mol. The van der Waals surface area contributed by atoms with Crippen molar-refractivity contribution in [1.82, 2.24) is 14.9 Å². The summed E-state index contributed by atoms with van der Waals surface area (Å²) in [5.41, 5.74) is 0.0638. The molecule has 2 aromatic rings. The van der Waals surface area contributed by atoms with E-state index in [0.717, 1.165) is 56.2 Å². The molecule has 2 saturated heterocycles. The van der Waals surface area contributed by atoms with E-state index in [-0.39, 0.29) is 30.2 Å². The summed E-state index contributed by atoms with van der Waals surface area (Å²) in [6.45, 7) is 3.31. The molecule has 0 saturated carbocycles. The zero-order valence-corrected chi connectivity index (χ0v) is 22.2. The van der Waals surface area contributed by atoms with Crippen molar-refractivity contribution < 1.29 is 22.3 Å². The fourth-order valence-electron chi connectivity index (χ4n) is 6.09. The first kappa shape index (κ1) is 27.4. The lowest BCUT2D eigenvalue weighted by Gasteiger charge is -2.34. The normalized spacial score (nSPS) is 22.4. The predicted octanol–water partition coefficient (Wildman–Crippen LogP) is 5.19. The van der Waals surface area contributed by atoms with Crippen molar-refractivity contribution in [3.63, 3.8) is 0 Å². The summed E-state index contributed by atoms with van der Waals surface area (Å²) < 4.78 is 62.1. The highest BCUT2D eigenvalue weighted by Gasteiger charge is 2.39. The van der Waals surface area contributed by atoms with Gasteiger partial charge in [-0.2, -0.15) is 28.4 Å². The Bertz CT molecular complexity index is 1220. The molecule has 11 heteroatoms. The number of likely N-dealkylation sites (tertiary alicyclic amines) is 1. The fourth-order valence-corrected chi connectivity index (χ4v) is 6.09. The van der Waals surface area contributed by atoms with Crippen LogP contribution < -0.4 is 14.5 Å². The Hall–Kier alpha value is -3.13. The lowest BCUT2D eigenvalue weighted by Crippen LogP contribution is -2.37. The largest absolute Gasteiger partial charge is 0.462 e. The molecule has 0 unspecified atom stereocenters. The van der Waals surface area contributed by atoms with Crippen LogP contribution in [0.1, 0.15) is 55.3 Å². The number of halogens is 4. The lowest BCUT2D eigenvalue weighted by molar-refractivity contribution is -0.139. The number of hydrogen-bond acceptors (Lipinski definition) is 7. The summed E-state index contributed by atoms with van der Waals surface area (Å²) in [4.78, 5) is 15.5. The molecule has 0 aliphatic carbocycles. The second-order valence-corrected chi connectivity index (χ2v) is 10.8. The molecule has 4 heterocycles. The minimum absolute atomic E-state index is 0.0898. The molecule has 5 rings (SSSR count). The van der Waals surface area contributed by atoms with Crippen LogP contribution >= 0.6 is 0 Å². The smallest absolute Gasteiger partial charge is 0.421 e. The molecule has 2 fully saturated rings. The fraction of sp³-hybridized carbons (Fsp3) is 0.607. The van der Waals surface area contributed by atoms with Gasteiger partial charge in [-0.1, -0.05) is 6.07 Å². The minimum Gasteiger partial charge on any atom is -0.462 e. The maximum Gasteiger partial charge on any atom is 0.421 e. The standard InChI is InChI=1S/C28H34F4N6O/c1-36-13-4-7-20(36)18-39-27-34-23-17-37(24-10-2-9-22(29)25(24)28(30,31)32)14-5-8-21(23)26(35-27)38-15-3-6-19(16-38)11-12-33/h2,9-10,19-20H,3-8,11,13-18H2,1H3/t19-,20-/m0/s1. The van der Waals surface area contributed by atoms with Gasteiger partial charge in [0.1, 0.15) is 23.8 Å². The van der Waals surface area contributed by atoms with Crippen molar-refractivity contribution in [3.8, 4) is 12.1 Å². The van der Waals surface area contributed by atoms with Gasteiger partial charge >= 0.3 is 12.2 Å². The topological polar surface area (TPSA) is 68.5 Å². The number of rotatable bonds is 6. The monoisotopic (exact) mass is 546 g/mol. The van der Waals surface area contributed by atoms with Crippen molar-refractivity contribution in [1.29, 1.82) is 5.26 Å².